The number of amides is 1. The standard InChI is InChI=1S/C16H20N2O/c1-10-6-7-12(16(19)17-2)9-14(10)18-15-8-11-4-3-5-13(11)15/h3,5-7,9,11,13,15,18H,4,8H2,1-2H3,(H,17,19). The summed E-state index contributed by atoms with van der Waals surface area (Å²) < 4.78 is 0. The van der Waals surface area contributed by atoms with Gasteiger partial charge in [-0.15, -0.1) is 0 Å². The molecule has 100 valence electrons. The molecule has 0 aromatic heterocycles. The highest BCUT2D eigenvalue weighted by Gasteiger charge is 2.40. The number of carbonyl (C=O) groups is 1. The van der Waals surface area contributed by atoms with Crippen molar-refractivity contribution in [1.29, 1.82) is 0 Å². The quantitative estimate of drug-likeness (QED) is 0.816. The number of aryl methyl sites for hydroxylation is 1. The predicted molar refractivity (Wildman–Crippen MR) is 77.3 cm³/mol. The van der Waals surface area contributed by atoms with Crippen molar-refractivity contribution in [3.05, 3.63) is 41.5 Å². The van der Waals surface area contributed by atoms with Crippen LogP contribution in [0.1, 0.15) is 28.8 Å². The molecule has 1 fully saturated rings. The molecule has 1 aromatic rings. The molecule has 3 rings (SSSR count). The zero-order valence-corrected chi connectivity index (χ0v) is 11.4. The zero-order valence-electron chi connectivity index (χ0n) is 11.4. The van der Waals surface area contributed by atoms with Gasteiger partial charge in [-0.1, -0.05) is 18.2 Å². The summed E-state index contributed by atoms with van der Waals surface area (Å²) in [6.45, 7) is 2.08. The number of nitrogens with one attached hydrogen (secondary N) is 2. The van der Waals surface area contributed by atoms with E-state index in [4.69, 9.17) is 0 Å². The Kier molecular flexibility index (Phi) is 3.05. The maximum Gasteiger partial charge on any atom is 0.251 e. The first-order valence-electron chi connectivity index (χ1n) is 6.95. The van der Waals surface area contributed by atoms with Gasteiger partial charge in [0.15, 0.2) is 0 Å². The van der Waals surface area contributed by atoms with Crippen LogP contribution in [0, 0.1) is 18.8 Å². The number of anilines is 1. The van der Waals surface area contributed by atoms with Crippen LogP contribution in [0.25, 0.3) is 0 Å². The minimum absolute atomic E-state index is 0.0321. The molecule has 1 amide bonds. The molecule has 1 saturated carbocycles. The lowest BCUT2D eigenvalue weighted by molar-refractivity contribution is 0.0963. The molecule has 3 atom stereocenters. The van der Waals surface area contributed by atoms with Crippen LogP contribution in [0.2, 0.25) is 0 Å². The molecule has 3 unspecified atom stereocenters. The first-order chi connectivity index (χ1) is 9.19. The molecule has 0 radical (unpaired) electrons. The Hall–Kier alpha value is -1.77. The molecule has 2 N–H and O–H groups in total. The summed E-state index contributed by atoms with van der Waals surface area (Å²) >= 11 is 0. The number of carbonyl (C=O) groups excluding carboxylic acids is 1. The molecule has 2 aliphatic carbocycles. The van der Waals surface area contributed by atoms with Gasteiger partial charge in [0.2, 0.25) is 0 Å². The molecule has 0 spiro atoms. The second-order valence-corrected chi connectivity index (χ2v) is 5.60. The van der Waals surface area contributed by atoms with E-state index >= 15 is 0 Å². The van der Waals surface area contributed by atoms with Gasteiger partial charge in [-0.25, -0.2) is 0 Å². The molecular formula is C16H20N2O. The van der Waals surface area contributed by atoms with E-state index in [-0.39, 0.29) is 5.91 Å². The average Bonchev–Trinajstić information content (AvgIpc) is 2.78. The van der Waals surface area contributed by atoms with Crippen LogP contribution in [0.4, 0.5) is 5.69 Å². The minimum Gasteiger partial charge on any atom is -0.381 e. The fourth-order valence-electron chi connectivity index (χ4n) is 3.15. The van der Waals surface area contributed by atoms with E-state index < -0.39 is 0 Å². The van der Waals surface area contributed by atoms with E-state index in [0.29, 0.717) is 17.5 Å². The van der Waals surface area contributed by atoms with Crippen LogP contribution < -0.4 is 10.6 Å². The highest BCUT2D eigenvalue weighted by molar-refractivity contribution is 5.95. The van der Waals surface area contributed by atoms with Gasteiger partial charge in [0.1, 0.15) is 0 Å². The monoisotopic (exact) mass is 256 g/mol. The Morgan fingerprint density at radius 3 is 2.95 bits per heavy atom. The maximum absolute atomic E-state index is 11.7. The highest BCUT2D eigenvalue weighted by atomic mass is 16.1. The second-order valence-electron chi connectivity index (χ2n) is 5.60. The highest BCUT2D eigenvalue weighted by Crippen LogP contribution is 2.44. The third-order valence-corrected chi connectivity index (χ3v) is 4.43. The van der Waals surface area contributed by atoms with E-state index in [1.165, 1.54) is 18.4 Å². The summed E-state index contributed by atoms with van der Waals surface area (Å²) in [5, 5.41) is 6.27. The summed E-state index contributed by atoms with van der Waals surface area (Å²) in [5.41, 5.74) is 3.00. The van der Waals surface area contributed by atoms with Crippen molar-refractivity contribution in [3.8, 4) is 0 Å². The largest absolute Gasteiger partial charge is 0.381 e. The molecule has 3 heteroatoms. The van der Waals surface area contributed by atoms with E-state index in [1.807, 2.05) is 18.2 Å². The molecule has 0 heterocycles. The summed E-state index contributed by atoms with van der Waals surface area (Å²) in [4.78, 5) is 11.7. The Balaban J connectivity index is 1.76. The third-order valence-electron chi connectivity index (χ3n) is 4.43. The lowest BCUT2D eigenvalue weighted by Crippen LogP contribution is -2.43. The molecule has 0 bridgehead atoms. The predicted octanol–water partition coefficient (Wildman–Crippen LogP) is 2.73. The van der Waals surface area contributed by atoms with Crippen LogP contribution in [0.3, 0.4) is 0 Å². The second kappa shape index (κ2) is 4.72. The molecule has 2 aliphatic rings. The van der Waals surface area contributed by atoms with Crippen molar-refractivity contribution < 1.29 is 4.79 Å². The SMILES string of the molecule is CNC(=O)c1ccc(C)c(NC2CC3CC=CC32)c1. The zero-order chi connectivity index (χ0) is 13.4. The van der Waals surface area contributed by atoms with Crippen LogP contribution in [-0.4, -0.2) is 19.0 Å². The Morgan fingerprint density at radius 2 is 2.21 bits per heavy atom. The van der Waals surface area contributed by atoms with Crippen LogP contribution in [-0.2, 0) is 0 Å². The van der Waals surface area contributed by atoms with E-state index in [1.54, 1.807) is 7.05 Å². The van der Waals surface area contributed by atoms with Crippen molar-refractivity contribution in [2.45, 2.75) is 25.8 Å². The number of hydrogen-bond acceptors (Lipinski definition) is 2. The van der Waals surface area contributed by atoms with E-state index in [2.05, 4.69) is 29.7 Å². The molecule has 0 aliphatic heterocycles. The number of fused-ring (bicyclic) bond motifs is 1. The smallest absolute Gasteiger partial charge is 0.251 e. The topological polar surface area (TPSA) is 41.1 Å². The van der Waals surface area contributed by atoms with Crippen LogP contribution >= 0.6 is 0 Å². The van der Waals surface area contributed by atoms with Crippen LogP contribution in [0.15, 0.2) is 30.4 Å². The van der Waals surface area contributed by atoms with Gasteiger partial charge < -0.3 is 10.6 Å². The van der Waals surface area contributed by atoms with Gasteiger partial charge in [-0.3, -0.25) is 4.79 Å². The lowest BCUT2D eigenvalue weighted by Gasteiger charge is -2.41. The molecule has 3 nitrogen and oxygen atoms in total. The van der Waals surface area contributed by atoms with E-state index in [9.17, 15) is 4.79 Å². The van der Waals surface area contributed by atoms with Crippen molar-refractivity contribution in [2.75, 3.05) is 12.4 Å². The fourth-order valence-corrected chi connectivity index (χ4v) is 3.15. The summed E-state index contributed by atoms with van der Waals surface area (Å²) in [6.07, 6.45) is 7.11. The third kappa shape index (κ3) is 2.14. The number of allylic oxidation sites excluding steroid dienone is 1. The maximum atomic E-state index is 11.7. The van der Waals surface area contributed by atoms with Gasteiger partial charge in [-0.2, -0.15) is 0 Å². The van der Waals surface area contributed by atoms with Crippen molar-refractivity contribution in [2.24, 2.45) is 11.8 Å². The Bertz CT molecular complexity index is 536. The van der Waals surface area contributed by atoms with Gasteiger partial charge in [0, 0.05) is 30.3 Å². The molecule has 19 heavy (non-hydrogen) atoms. The van der Waals surface area contributed by atoms with Crippen molar-refractivity contribution >= 4 is 11.6 Å². The van der Waals surface area contributed by atoms with Gasteiger partial charge in [0.25, 0.3) is 5.91 Å². The van der Waals surface area contributed by atoms with Crippen molar-refractivity contribution in [1.82, 2.24) is 5.32 Å². The van der Waals surface area contributed by atoms with Crippen molar-refractivity contribution in [3.63, 3.8) is 0 Å². The Labute approximate surface area is 114 Å². The van der Waals surface area contributed by atoms with Gasteiger partial charge in [0.05, 0.1) is 0 Å². The molecular weight excluding hydrogens is 236 g/mol. The minimum atomic E-state index is -0.0321. The van der Waals surface area contributed by atoms with Crippen LogP contribution in [0.5, 0.6) is 0 Å². The van der Waals surface area contributed by atoms with Gasteiger partial charge in [-0.05, 0) is 43.4 Å². The lowest BCUT2D eigenvalue weighted by atomic mass is 9.71. The Morgan fingerprint density at radius 1 is 1.37 bits per heavy atom. The molecule has 1 aromatic carbocycles. The number of rotatable bonds is 3. The summed E-state index contributed by atoms with van der Waals surface area (Å²) in [7, 11) is 1.66. The summed E-state index contributed by atoms with van der Waals surface area (Å²) in [6, 6.07) is 6.37. The van der Waals surface area contributed by atoms with Gasteiger partial charge >= 0.3 is 0 Å². The normalized spacial score (nSPS) is 27.6. The number of benzene rings is 1. The summed E-state index contributed by atoms with van der Waals surface area (Å²) in [5.74, 6) is 1.50. The fraction of sp³-hybridized carbons (Fsp3) is 0.438. The molecule has 0 saturated heterocycles. The first-order valence-corrected chi connectivity index (χ1v) is 6.95. The average molecular weight is 256 g/mol. The first kappa shape index (κ1) is 12.3. The number of hydrogen-bond donors (Lipinski definition) is 2. The van der Waals surface area contributed by atoms with E-state index in [0.717, 1.165) is 11.6 Å².